The van der Waals surface area contributed by atoms with E-state index >= 15 is 0 Å². The van der Waals surface area contributed by atoms with Gasteiger partial charge in [-0.1, -0.05) is 51.5 Å². The Hall–Kier alpha value is -0.560. The fourth-order valence-corrected chi connectivity index (χ4v) is 7.65. The number of aliphatic hydroxyl groups excluding tert-OH is 1. The molecule has 0 aromatic heterocycles. The Balaban J connectivity index is 1.54. The first-order valence-electron chi connectivity index (χ1n) is 11.4. The molecule has 0 saturated heterocycles. The molecule has 0 unspecified atom stereocenters. The summed E-state index contributed by atoms with van der Waals surface area (Å²) in [5, 5.41) is 10.2. The van der Waals surface area contributed by atoms with Crippen LogP contribution >= 0.6 is 0 Å². The van der Waals surface area contributed by atoms with Crippen LogP contribution in [-0.2, 0) is 0 Å². The smallest absolute Gasteiger partial charge is 0.0577 e. The Morgan fingerprint density at radius 1 is 1.12 bits per heavy atom. The first-order chi connectivity index (χ1) is 12.3. The number of hydrogen-bond acceptors (Lipinski definition) is 1. The largest absolute Gasteiger partial charge is 0.393 e. The van der Waals surface area contributed by atoms with E-state index in [1.54, 1.807) is 5.57 Å². The highest BCUT2D eigenvalue weighted by Gasteiger charge is 2.58. The van der Waals surface area contributed by atoms with E-state index in [2.05, 4.69) is 45.9 Å². The van der Waals surface area contributed by atoms with Gasteiger partial charge in [0.1, 0.15) is 0 Å². The summed E-state index contributed by atoms with van der Waals surface area (Å²) in [6, 6.07) is 0. The molecule has 0 spiro atoms. The molecule has 146 valence electrons. The Morgan fingerprint density at radius 2 is 1.92 bits per heavy atom. The number of aliphatic hydroxyl groups is 1. The molecule has 0 aliphatic heterocycles. The maximum absolute atomic E-state index is 10.2. The molecular formula is C25H40O. The van der Waals surface area contributed by atoms with Crippen LogP contribution in [0.25, 0.3) is 0 Å². The van der Waals surface area contributed by atoms with Crippen LogP contribution in [0.3, 0.4) is 0 Å². The van der Waals surface area contributed by atoms with Gasteiger partial charge in [-0.15, -0.1) is 0 Å². The van der Waals surface area contributed by atoms with Crippen molar-refractivity contribution >= 4 is 0 Å². The molecule has 1 N–H and O–H groups in total. The quantitative estimate of drug-likeness (QED) is 0.570. The lowest BCUT2D eigenvalue weighted by Gasteiger charge is -2.58. The van der Waals surface area contributed by atoms with Gasteiger partial charge in [0.25, 0.3) is 0 Å². The molecule has 1 nitrogen and oxygen atoms in total. The molecule has 3 saturated carbocycles. The van der Waals surface area contributed by atoms with Crippen molar-refractivity contribution in [1.82, 2.24) is 0 Å². The summed E-state index contributed by atoms with van der Waals surface area (Å²) in [5.41, 5.74) is 2.56. The molecule has 0 aromatic carbocycles. The topological polar surface area (TPSA) is 20.2 Å². The Morgan fingerprint density at radius 3 is 2.69 bits per heavy atom. The molecule has 0 radical (unpaired) electrons. The molecule has 0 heterocycles. The second-order valence-electron chi connectivity index (χ2n) is 10.9. The third-order valence-corrected chi connectivity index (χ3v) is 9.22. The van der Waals surface area contributed by atoms with Gasteiger partial charge in [0.2, 0.25) is 0 Å². The van der Waals surface area contributed by atoms with Crippen LogP contribution in [0, 0.1) is 40.4 Å². The molecule has 0 amide bonds. The van der Waals surface area contributed by atoms with Gasteiger partial charge in [-0.05, 0) is 98.2 Å². The van der Waals surface area contributed by atoms with Crippen molar-refractivity contribution in [2.45, 2.75) is 91.6 Å². The average molecular weight is 357 g/mol. The number of rotatable bonds is 3. The summed E-state index contributed by atoms with van der Waals surface area (Å²) in [4.78, 5) is 0. The normalized spacial score (nSPS) is 48.2. The third kappa shape index (κ3) is 2.93. The van der Waals surface area contributed by atoms with Crippen molar-refractivity contribution in [2.24, 2.45) is 40.4 Å². The maximum atomic E-state index is 10.2. The minimum absolute atomic E-state index is 0.0802. The first-order valence-corrected chi connectivity index (χ1v) is 11.4. The molecule has 7 atom stereocenters. The zero-order valence-electron chi connectivity index (χ0n) is 17.5. The lowest BCUT2D eigenvalue weighted by atomic mass is 9.47. The summed E-state index contributed by atoms with van der Waals surface area (Å²) in [5.74, 6) is 4.28. The van der Waals surface area contributed by atoms with Crippen LogP contribution in [0.2, 0.25) is 0 Å². The van der Waals surface area contributed by atoms with E-state index in [0.29, 0.717) is 16.7 Å². The van der Waals surface area contributed by atoms with Gasteiger partial charge in [-0.2, -0.15) is 0 Å². The maximum Gasteiger partial charge on any atom is 0.0577 e. The van der Waals surface area contributed by atoms with E-state index in [1.165, 1.54) is 44.9 Å². The van der Waals surface area contributed by atoms with Crippen LogP contribution < -0.4 is 0 Å². The fraction of sp³-hybridized carbons (Fsp3) is 0.840. The number of hydrogen-bond donors (Lipinski definition) is 1. The Kier molecular flexibility index (Phi) is 4.91. The number of allylic oxidation sites excluding steroid dienone is 3. The van der Waals surface area contributed by atoms with Crippen molar-refractivity contribution in [3.05, 3.63) is 23.8 Å². The first kappa shape index (κ1) is 18.8. The summed E-state index contributed by atoms with van der Waals surface area (Å²) in [6.07, 6.45) is 18.9. The molecule has 1 heteroatoms. The lowest BCUT2D eigenvalue weighted by Crippen LogP contribution is -2.50. The summed E-state index contributed by atoms with van der Waals surface area (Å²) in [6.45, 7) is 9.76. The molecule has 26 heavy (non-hydrogen) atoms. The van der Waals surface area contributed by atoms with Crippen LogP contribution in [0.1, 0.15) is 85.5 Å². The Bertz CT molecular complexity index is 587. The van der Waals surface area contributed by atoms with E-state index in [1.807, 2.05) is 0 Å². The SMILES string of the molecule is CC(C)/C=C/C[C@H]1CC[C@H]2[C@@H]3CC=C4C[C@@H](O)CC[C@]4(C)[C@H]3CC[C@]12C. The molecule has 4 aliphatic carbocycles. The number of fused-ring (bicyclic) bond motifs is 5. The monoisotopic (exact) mass is 356 g/mol. The van der Waals surface area contributed by atoms with Crippen molar-refractivity contribution in [1.29, 1.82) is 0 Å². The third-order valence-electron chi connectivity index (χ3n) is 9.22. The van der Waals surface area contributed by atoms with Gasteiger partial charge in [0.05, 0.1) is 6.10 Å². The van der Waals surface area contributed by atoms with Crippen LogP contribution in [0.4, 0.5) is 0 Å². The van der Waals surface area contributed by atoms with E-state index in [0.717, 1.165) is 36.5 Å². The van der Waals surface area contributed by atoms with Crippen molar-refractivity contribution in [2.75, 3.05) is 0 Å². The molecule has 0 bridgehead atoms. The summed E-state index contributed by atoms with van der Waals surface area (Å²) >= 11 is 0. The zero-order chi connectivity index (χ0) is 18.5. The average Bonchev–Trinajstić information content (AvgIpc) is 2.92. The van der Waals surface area contributed by atoms with E-state index in [4.69, 9.17) is 0 Å². The molecule has 3 fully saturated rings. The van der Waals surface area contributed by atoms with Gasteiger partial charge in [0, 0.05) is 0 Å². The van der Waals surface area contributed by atoms with Crippen molar-refractivity contribution in [3.63, 3.8) is 0 Å². The molecule has 4 aliphatic rings. The second-order valence-corrected chi connectivity index (χ2v) is 10.9. The highest BCUT2D eigenvalue weighted by Crippen LogP contribution is 2.66. The van der Waals surface area contributed by atoms with Gasteiger partial charge < -0.3 is 5.11 Å². The van der Waals surface area contributed by atoms with E-state index in [9.17, 15) is 5.11 Å². The standard InChI is InChI=1S/C25H40O/c1-17(2)6-5-7-18-9-11-22-21-10-8-19-16-20(26)12-14-25(19,4)23(21)13-15-24(18,22)3/h5-6,8,17-18,20-23,26H,7,9-16H2,1-4H3/b6-5+/t18-,20-,21-,22-,23-,24+,25-/m0/s1. The van der Waals surface area contributed by atoms with Gasteiger partial charge in [0.15, 0.2) is 0 Å². The van der Waals surface area contributed by atoms with Crippen LogP contribution in [0.5, 0.6) is 0 Å². The van der Waals surface area contributed by atoms with Crippen molar-refractivity contribution < 1.29 is 5.11 Å². The minimum atomic E-state index is -0.0802. The fourth-order valence-electron chi connectivity index (χ4n) is 7.65. The molecular weight excluding hydrogens is 316 g/mol. The molecule has 4 rings (SSSR count). The van der Waals surface area contributed by atoms with Crippen LogP contribution in [0.15, 0.2) is 23.8 Å². The molecule has 0 aromatic rings. The van der Waals surface area contributed by atoms with Gasteiger partial charge in [-0.25, -0.2) is 0 Å². The van der Waals surface area contributed by atoms with E-state index < -0.39 is 0 Å². The summed E-state index contributed by atoms with van der Waals surface area (Å²) < 4.78 is 0. The lowest BCUT2D eigenvalue weighted by molar-refractivity contribution is -0.0492. The van der Waals surface area contributed by atoms with Gasteiger partial charge in [-0.3, -0.25) is 0 Å². The predicted octanol–water partition coefficient (Wildman–Crippen LogP) is 6.53. The van der Waals surface area contributed by atoms with Gasteiger partial charge >= 0.3 is 0 Å². The second kappa shape index (κ2) is 6.80. The summed E-state index contributed by atoms with van der Waals surface area (Å²) in [7, 11) is 0. The minimum Gasteiger partial charge on any atom is -0.393 e. The van der Waals surface area contributed by atoms with E-state index in [-0.39, 0.29) is 6.10 Å². The zero-order valence-corrected chi connectivity index (χ0v) is 17.5. The van der Waals surface area contributed by atoms with Crippen LogP contribution in [-0.4, -0.2) is 11.2 Å². The predicted molar refractivity (Wildman–Crippen MR) is 110 cm³/mol. The highest BCUT2D eigenvalue weighted by atomic mass is 16.3. The highest BCUT2D eigenvalue weighted by molar-refractivity contribution is 5.25. The van der Waals surface area contributed by atoms with Crippen molar-refractivity contribution in [3.8, 4) is 0 Å². The Labute approximate surface area is 161 Å².